The van der Waals surface area contributed by atoms with E-state index in [4.69, 9.17) is 31.5 Å². The van der Waals surface area contributed by atoms with E-state index in [9.17, 15) is 0 Å². The molecule has 0 aliphatic heterocycles. The topological polar surface area (TPSA) is 137 Å². The van der Waals surface area contributed by atoms with Crippen molar-refractivity contribution in [2.45, 2.75) is 6.61 Å². The molecule has 0 bridgehead atoms. The Kier molecular flexibility index (Phi) is 6.70. The van der Waals surface area contributed by atoms with Gasteiger partial charge in [0.05, 0.1) is 0 Å². The summed E-state index contributed by atoms with van der Waals surface area (Å²) in [6, 6.07) is 17.3. The van der Waals surface area contributed by atoms with Crippen molar-refractivity contribution in [2.24, 2.45) is 16.5 Å². The lowest BCUT2D eigenvalue weighted by atomic mass is 10.2. The fourth-order valence-electron chi connectivity index (χ4n) is 1.55. The second kappa shape index (κ2) is 8.80. The number of nitrogens with zero attached hydrogens (tertiary/aromatic N) is 2. The zero-order chi connectivity index (χ0) is 16.4. The van der Waals surface area contributed by atoms with Gasteiger partial charge in [-0.3, -0.25) is 0 Å². The highest BCUT2D eigenvalue weighted by Gasteiger charge is 2.02. The summed E-state index contributed by atoms with van der Waals surface area (Å²) in [5.41, 5.74) is 12.5. The zero-order valence-corrected chi connectivity index (χ0v) is 11.6. The summed E-state index contributed by atoms with van der Waals surface area (Å²) in [5.74, 6) is 0.681. The molecule has 0 aromatic heterocycles. The summed E-state index contributed by atoms with van der Waals surface area (Å²) >= 11 is 0. The van der Waals surface area contributed by atoms with E-state index in [1.807, 2.05) is 48.5 Å². The van der Waals surface area contributed by atoms with Gasteiger partial charge in [-0.25, -0.2) is 4.99 Å². The second-order valence-corrected chi connectivity index (χ2v) is 4.02. The van der Waals surface area contributed by atoms with E-state index in [1.54, 1.807) is 6.07 Å². The molecule has 5 N–H and O–H groups in total. The normalized spacial score (nSPS) is 9.09. The molecule has 0 unspecified atom stereocenters. The van der Waals surface area contributed by atoms with Gasteiger partial charge >= 0.3 is 0 Å². The van der Waals surface area contributed by atoms with Crippen molar-refractivity contribution in [1.29, 1.82) is 0 Å². The molecule has 0 heterocycles. The quantitative estimate of drug-likeness (QED) is 0.341. The maximum absolute atomic E-state index is 8.36. The third-order valence-corrected chi connectivity index (χ3v) is 2.35. The van der Waals surface area contributed by atoms with Crippen LogP contribution in [0.4, 0.5) is 5.69 Å². The molecule has 0 amide bonds. The molecule has 0 radical (unpaired) electrons. The van der Waals surface area contributed by atoms with Crippen LogP contribution in [0.15, 0.2) is 59.6 Å². The highest BCUT2D eigenvalue weighted by Crippen LogP contribution is 2.27. The summed E-state index contributed by atoms with van der Waals surface area (Å²) in [5, 5.41) is 13.6. The number of nitrogens with two attached hydrogens (primary N) is 2. The van der Waals surface area contributed by atoms with Crippen molar-refractivity contribution in [3.05, 3.63) is 70.3 Å². The molecule has 8 nitrogen and oxygen atoms in total. The van der Waals surface area contributed by atoms with Crippen LogP contribution in [0.2, 0.25) is 0 Å². The predicted octanol–water partition coefficient (Wildman–Crippen LogP) is 1.82. The molecule has 0 spiro atoms. The molecule has 0 saturated heterocycles. The molecular weight excluding hydrogens is 288 g/mol. The second-order valence-electron chi connectivity index (χ2n) is 4.02. The highest BCUT2D eigenvalue weighted by molar-refractivity contribution is 5.80. The van der Waals surface area contributed by atoms with Gasteiger partial charge in [0.1, 0.15) is 18.0 Å². The number of rotatable bonds is 4. The largest absolute Gasteiger partial charge is 0.487 e. The minimum atomic E-state index is -1.50. The average Bonchev–Trinajstić information content (AvgIpc) is 2.46. The van der Waals surface area contributed by atoms with Gasteiger partial charge in [0, 0.05) is 0 Å². The van der Waals surface area contributed by atoms with Crippen molar-refractivity contribution >= 4 is 11.6 Å². The van der Waals surface area contributed by atoms with Crippen LogP contribution >= 0.6 is 0 Å². The Balaban J connectivity index is 0.000000541. The molecule has 0 fully saturated rings. The summed E-state index contributed by atoms with van der Waals surface area (Å²) in [6.07, 6.45) is 0. The molecule has 0 aliphatic carbocycles. The first-order valence-electron chi connectivity index (χ1n) is 6.17. The lowest BCUT2D eigenvalue weighted by Crippen LogP contribution is -2.21. The number of aliphatic imine (C=N–C) groups is 1. The molecule has 2 aromatic rings. The summed E-state index contributed by atoms with van der Waals surface area (Å²) in [6.45, 7) is 0.484. The number of guanidine groups is 1. The van der Waals surface area contributed by atoms with E-state index in [0.717, 1.165) is 5.56 Å². The molecular formula is C14H16N4O4. The molecule has 0 saturated carbocycles. The lowest BCUT2D eigenvalue weighted by molar-refractivity contribution is -0.742. The van der Waals surface area contributed by atoms with E-state index in [-0.39, 0.29) is 5.96 Å². The number of hydrogen-bond donors (Lipinski definition) is 3. The Morgan fingerprint density at radius 1 is 1.14 bits per heavy atom. The van der Waals surface area contributed by atoms with Crippen LogP contribution in [0, 0.1) is 10.1 Å². The average molecular weight is 304 g/mol. The van der Waals surface area contributed by atoms with Gasteiger partial charge in [0.2, 0.25) is 0 Å². The van der Waals surface area contributed by atoms with Crippen LogP contribution in [-0.2, 0) is 6.61 Å². The summed E-state index contributed by atoms with van der Waals surface area (Å²) < 4.78 is 5.71. The lowest BCUT2D eigenvalue weighted by Gasteiger charge is -2.08. The standard InChI is InChI=1S/C14H15N3O.HNO3/c15-14(16)17-12-8-4-5-9-13(12)18-10-11-6-2-1-3-7-11;2-1(3)4/h1-9H,10H2,(H4,15,16,17);(H,2,3,4). The van der Waals surface area contributed by atoms with Gasteiger partial charge in [-0.2, -0.15) is 0 Å². The van der Waals surface area contributed by atoms with E-state index < -0.39 is 5.09 Å². The number of hydrogen-bond acceptors (Lipinski definition) is 4. The first-order chi connectivity index (χ1) is 10.5. The molecule has 2 rings (SSSR count). The predicted molar refractivity (Wildman–Crippen MR) is 81.5 cm³/mol. The Bertz CT molecular complexity index is 624. The van der Waals surface area contributed by atoms with Crippen LogP contribution in [0.1, 0.15) is 5.56 Å². The van der Waals surface area contributed by atoms with Gasteiger partial charge in [-0.05, 0) is 17.7 Å². The Labute approximate surface area is 126 Å². The molecule has 8 heteroatoms. The van der Waals surface area contributed by atoms with Crippen molar-refractivity contribution in [1.82, 2.24) is 0 Å². The smallest absolute Gasteiger partial charge is 0.291 e. The SMILES string of the molecule is NC(N)=Nc1ccccc1OCc1ccccc1.O=[N+]([O-])O. The van der Waals surface area contributed by atoms with E-state index >= 15 is 0 Å². The Morgan fingerprint density at radius 2 is 1.68 bits per heavy atom. The third-order valence-electron chi connectivity index (χ3n) is 2.35. The van der Waals surface area contributed by atoms with Crippen LogP contribution in [0.3, 0.4) is 0 Å². The van der Waals surface area contributed by atoms with Gasteiger partial charge in [-0.15, -0.1) is 10.1 Å². The van der Waals surface area contributed by atoms with Gasteiger partial charge in [0.25, 0.3) is 5.09 Å². The fraction of sp³-hybridized carbons (Fsp3) is 0.0714. The van der Waals surface area contributed by atoms with Crippen molar-refractivity contribution in [3.8, 4) is 5.75 Å². The Morgan fingerprint density at radius 3 is 2.27 bits per heavy atom. The maximum atomic E-state index is 8.36. The minimum Gasteiger partial charge on any atom is -0.487 e. The molecule has 116 valence electrons. The van der Waals surface area contributed by atoms with Crippen LogP contribution < -0.4 is 16.2 Å². The van der Waals surface area contributed by atoms with Gasteiger partial charge in [-0.1, -0.05) is 42.5 Å². The van der Waals surface area contributed by atoms with Crippen molar-refractivity contribution in [2.75, 3.05) is 0 Å². The monoisotopic (exact) mass is 304 g/mol. The van der Waals surface area contributed by atoms with Gasteiger partial charge in [0.15, 0.2) is 5.96 Å². The summed E-state index contributed by atoms with van der Waals surface area (Å²) in [4.78, 5) is 12.4. The first kappa shape index (κ1) is 16.8. The Hall–Kier alpha value is -3.29. The molecule has 0 atom stereocenters. The van der Waals surface area contributed by atoms with Crippen LogP contribution in [0.25, 0.3) is 0 Å². The maximum Gasteiger partial charge on any atom is 0.291 e. The first-order valence-corrected chi connectivity index (χ1v) is 6.17. The number of para-hydroxylation sites is 2. The highest BCUT2D eigenvalue weighted by atomic mass is 16.9. The van der Waals surface area contributed by atoms with Crippen LogP contribution in [0.5, 0.6) is 5.75 Å². The number of ether oxygens (including phenoxy) is 1. The van der Waals surface area contributed by atoms with Crippen LogP contribution in [-0.4, -0.2) is 16.3 Å². The van der Waals surface area contributed by atoms with E-state index in [2.05, 4.69) is 4.99 Å². The molecule has 0 aliphatic rings. The number of benzene rings is 2. The third kappa shape index (κ3) is 6.75. The minimum absolute atomic E-state index is 0.0192. The fourth-order valence-corrected chi connectivity index (χ4v) is 1.55. The summed E-state index contributed by atoms with van der Waals surface area (Å²) in [7, 11) is 0. The van der Waals surface area contributed by atoms with Crippen molar-refractivity contribution in [3.63, 3.8) is 0 Å². The van der Waals surface area contributed by atoms with E-state index in [1.165, 1.54) is 0 Å². The molecule has 22 heavy (non-hydrogen) atoms. The molecule has 2 aromatic carbocycles. The zero-order valence-electron chi connectivity index (χ0n) is 11.6. The van der Waals surface area contributed by atoms with Crippen molar-refractivity contribution < 1.29 is 15.0 Å². The van der Waals surface area contributed by atoms with Gasteiger partial charge < -0.3 is 21.4 Å². The van der Waals surface area contributed by atoms with E-state index in [0.29, 0.717) is 18.0 Å².